The highest BCUT2D eigenvalue weighted by Gasteiger charge is 2.30. The molecule has 0 saturated carbocycles. The van der Waals surface area contributed by atoms with Crippen molar-refractivity contribution in [3.05, 3.63) is 66.0 Å². The molecule has 2 aromatic rings. The van der Waals surface area contributed by atoms with Crippen molar-refractivity contribution in [2.24, 2.45) is 0 Å². The summed E-state index contributed by atoms with van der Waals surface area (Å²) in [5.41, 5.74) is 0.586. The Morgan fingerprint density at radius 3 is 2.50 bits per heavy atom. The van der Waals surface area contributed by atoms with Crippen LogP contribution in [-0.4, -0.2) is 31.9 Å². The van der Waals surface area contributed by atoms with Crippen LogP contribution in [-0.2, 0) is 15.8 Å². The average molecular weight is 349 g/mol. The summed E-state index contributed by atoms with van der Waals surface area (Å²) >= 11 is 0. The van der Waals surface area contributed by atoms with Crippen LogP contribution in [0.1, 0.15) is 18.4 Å². The van der Waals surface area contributed by atoms with Gasteiger partial charge in [0, 0.05) is 6.54 Å². The lowest BCUT2D eigenvalue weighted by Crippen LogP contribution is -2.44. The molecule has 1 fully saturated rings. The largest absolute Gasteiger partial charge is 0.489 e. The molecule has 24 heavy (non-hydrogen) atoms. The summed E-state index contributed by atoms with van der Waals surface area (Å²) in [4.78, 5) is 0. The summed E-state index contributed by atoms with van der Waals surface area (Å²) in [5, 5.41) is 0. The molecule has 1 aliphatic rings. The van der Waals surface area contributed by atoms with Crippen molar-refractivity contribution in [3.8, 4) is 5.75 Å². The average Bonchev–Trinajstić information content (AvgIpc) is 2.58. The minimum absolute atomic E-state index is 0.120. The molecule has 0 radical (unpaired) electrons. The maximum atomic E-state index is 13.0. The van der Waals surface area contributed by atoms with Gasteiger partial charge in [-0.2, -0.15) is 4.31 Å². The minimum Gasteiger partial charge on any atom is -0.489 e. The van der Waals surface area contributed by atoms with Gasteiger partial charge < -0.3 is 4.74 Å². The van der Waals surface area contributed by atoms with Gasteiger partial charge in [0.25, 0.3) is 0 Å². The third-order valence-corrected chi connectivity index (χ3v) is 5.86. The van der Waals surface area contributed by atoms with E-state index >= 15 is 0 Å². The van der Waals surface area contributed by atoms with E-state index in [1.54, 1.807) is 0 Å². The fourth-order valence-electron chi connectivity index (χ4n) is 2.83. The van der Waals surface area contributed by atoms with Crippen LogP contribution < -0.4 is 4.74 Å². The summed E-state index contributed by atoms with van der Waals surface area (Å²) in [5.74, 6) is 0.261. The lowest BCUT2D eigenvalue weighted by atomic mass is 10.1. The van der Waals surface area contributed by atoms with Crippen molar-refractivity contribution in [1.82, 2.24) is 4.31 Å². The van der Waals surface area contributed by atoms with Gasteiger partial charge in [-0.25, -0.2) is 12.8 Å². The second-order valence-electron chi connectivity index (χ2n) is 5.94. The van der Waals surface area contributed by atoms with Crippen molar-refractivity contribution in [2.75, 3.05) is 13.1 Å². The Morgan fingerprint density at radius 1 is 1.08 bits per heavy atom. The van der Waals surface area contributed by atoms with E-state index < -0.39 is 10.0 Å². The Morgan fingerprint density at radius 2 is 1.79 bits per heavy atom. The van der Waals surface area contributed by atoms with E-state index in [0.29, 0.717) is 18.7 Å². The molecule has 2 aromatic carbocycles. The maximum Gasteiger partial charge on any atom is 0.218 e. The van der Waals surface area contributed by atoms with E-state index in [-0.39, 0.29) is 17.7 Å². The number of para-hydroxylation sites is 1. The van der Waals surface area contributed by atoms with Gasteiger partial charge >= 0.3 is 0 Å². The lowest BCUT2D eigenvalue weighted by Gasteiger charge is -2.32. The summed E-state index contributed by atoms with van der Waals surface area (Å²) in [7, 11) is -3.44. The zero-order valence-electron chi connectivity index (χ0n) is 13.3. The first-order valence-electron chi connectivity index (χ1n) is 7.97. The highest BCUT2D eigenvalue weighted by molar-refractivity contribution is 7.88. The van der Waals surface area contributed by atoms with Crippen LogP contribution in [0.15, 0.2) is 54.6 Å². The van der Waals surface area contributed by atoms with E-state index in [4.69, 9.17) is 4.74 Å². The van der Waals surface area contributed by atoms with E-state index in [9.17, 15) is 12.8 Å². The first kappa shape index (κ1) is 16.9. The van der Waals surface area contributed by atoms with Gasteiger partial charge in [-0.1, -0.05) is 30.3 Å². The van der Waals surface area contributed by atoms with Gasteiger partial charge in [-0.3, -0.25) is 0 Å². The zero-order chi connectivity index (χ0) is 17.0. The standard InChI is InChI=1S/C18H20FNO3S/c19-16-10-8-15(9-11-16)14-24(21,22)20-12-4-7-18(13-20)23-17-5-2-1-3-6-17/h1-3,5-6,8-11,18H,4,7,12-14H2. The molecule has 0 spiro atoms. The van der Waals surface area contributed by atoms with Gasteiger partial charge in [-0.15, -0.1) is 0 Å². The summed E-state index contributed by atoms with van der Waals surface area (Å²) in [6, 6.07) is 15.0. The molecule has 1 atom stereocenters. The predicted molar refractivity (Wildman–Crippen MR) is 90.7 cm³/mol. The van der Waals surface area contributed by atoms with E-state index in [0.717, 1.165) is 18.6 Å². The molecule has 6 heteroatoms. The lowest BCUT2D eigenvalue weighted by molar-refractivity contribution is 0.129. The molecule has 1 aliphatic heterocycles. The van der Waals surface area contributed by atoms with Crippen LogP contribution in [0.2, 0.25) is 0 Å². The van der Waals surface area contributed by atoms with Gasteiger partial charge in [0.2, 0.25) is 10.0 Å². The Kier molecular flexibility index (Phi) is 5.16. The number of sulfonamides is 1. The normalized spacial score (nSPS) is 19.1. The van der Waals surface area contributed by atoms with Gasteiger partial charge in [0.15, 0.2) is 0 Å². The number of rotatable bonds is 5. The highest BCUT2D eigenvalue weighted by Crippen LogP contribution is 2.21. The van der Waals surface area contributed by atoms with Crippen LogP contribution >= 0.6 is 0 Å². The number of nitrogens with zero attached hydrogens (tertiary/aromatic N) is 1. The third kappa shape index (κ3) is 4.33. The van der Waals surface area contributed by atoms with Crippen LogP contribution in [0.5, 0.6) is 5.75 Å². The quantitative estimate of drug-likeness (QED) is 0.833. The summed E-state index contributed by atoms with van der Waals surface area (Å²) < 4.78 is 45.6. The molecule has 128 valence electrons. The molecule has 1 heterocycles. The monoisotopic (exact) mass is 349 g/mol. The van der Waals surface area contributed by atoms with Gasteiger partial charge in [-0.05, 0) is 42.7 Å². The Hall–Kier alpha value is -1.92. The van der Waals surface area contributed by atoms with Crippen molar-refractivity contribution < 1.29 is 17.5 Å². The van der Waals surface area contributed by atoms with Crippen molar-refractivity contribution >= 4 is 10.0 Å². The third-order valence-electron chi connectivity index (χ3n) is 4.04. The van der Waals surface area contributed by atoms with Gasteiger partial charge in [0.05, 0.1) is 12.3 Å². The predicted octanol–water partition coefficient (Wildman–Crippen LogP) is 3.20. The highest BCUT2D eigenvalue weighted by atomic mass is 32.2. The first-order chi connectivity index (χ1) is 11.5. The number of ether oxygens (including phenoxy) is 1. The minimum atomic E-state index is -3.44. The second kappa shape index (κ2) is 7.32. The molecule has 0 N–H and O–H groups in total. The van der Waals surface area contributed by atoms with E-state index in [2.05, 4.69) is 0 Å². The van der Waals surface area contributed by atoms with Crippen LogP contribution in [0.4, 0.5) is 4.39 Å². The molecule has 1 unspecified atom stereocenters. The molecule has 3 rings (SSSR count). The molecule has 1 saturated heterocycles. The number of piperidine rings is 1. The van der Waals surface area contributed by atoms with Crippen LogP contribution in [0, 0.1) is 5.82 Å². The topological polar surface area (TPSA) is 46.6 Å². The first-order valence-corrected chi connectivity index (χ1v) is 9.58. The van der Waals surface area contributed by atoms with Crippen molar-refractivity contribution in [3.63, 3.8) is 0 Å². The molecule has 0 bridgehead atoms. The fraction of sp³-hybridized carbons (Fsp3) is 0.333. The molecule has 0 amide bonds. The summed E-state index contributed by atoms with van der Waals surface area (Å²) in [6.07, 6.45) is 1.45. The van der Waals surface area contributed by atoms with Gasteiger partial charge in [0.1, 0.15) is 17.7 Å². The molecule has 4 nitrogen and oxygen atoms in total. The second-order valence-corrected chi connectivity index (χ2v) is 7.90. The van der Waals surface area contributed by atoms with Crippen molar-refractivity contribution in [1.29, 1.82) is 0 Å². The maximum absolute atomic E-state index is 13.0. The number of halogens is 1. The van der Waals surface area contributed by atoms with Crippen molar-refractivity contribution in [2.45, 2.75) is 24.7 Å². The number of hydrogen-bond donors (Lipinski definition) is 0. The Bertz CT molecular complexity index is 763. The molecule has 0 aromatic heterocycles. The Balaban J connectivity index is 1.65. The number of hydrogen-bond acceptors (Lipinski definition) is 3. The smallest absolute Gasteiger partial charge is 0.218 e. The zero-order valence-corrected chi connectivity index (χ0v) is 14.1. The summed E-state index contributed by atoms with van der Waals surface area (Å²) in [6.45, 7) is 0.844. The number of benzene rings is 2. The molecule has 0 aliphatic carbocycles. The molecular weight excluding hydrogens is 329 g/mol. The SMILES string of the molecule is O=S(=O)(Cc1ccc(F)cc1)N1CCCC(Oc2ccccc2)C1. The van der Waals surface area contributed by atoms with Crippen LogP contribution in [0.3, 0.4) is 0 Å². The molecular formula is C18H20FNO3S. The fourth-order valence-corrected chi connectivity index (χ4v) is 4.42. The van der Waals surface area contributed by atoms with E-state index in [1.165, 1.54) is 28.6 Å². The Labute approximate surface area is 141 Å². The van der Waals surface area contributed by atoms with E-state index in [1.807, 2.05) is 30.3 Å². The van der Waals surface area contributed by atoms with Crippen LogP contribution in [0.25, 0.3) is 0 Å².